The molecule has 1 aliphatic heterocycles. The lowest BCUT2D eigenvalue weighted by molar-refractivity contribution is 0.0387. The normalized spacial score (nSPS) is 16.8. The quantitative estimate of drug-likeness (QED) is 0.670. The van der Waals surface area contributed by atoms with E-state index in [1.54, 1.807) is 6.20 Å². The van der Waals surface area contributed by atoms with Gasteiger partial charge in [-0.2, -0.15) is 0 Å². The van der Waals surface area contributed by atoms with E-state index in [1.165, 1.54) is 0 Å². The van der Waals surface area contributed by atoms with Gasteiger partial charge in [0.2, 0.25) is 0 Å². The molecule has 0 N–H and O–H groups in total. The van der Waals surface area contributed by atoms with Crippen molar-refractivity contribution in [2.75, 3.05) is 0 Å². The van der Waals surface area contributed by atoms with Crippen LogP contribution in [-0.2, 0) is 11.2 Å². The number of nitrogens with zero attached hydrogens (tertiary/aromatic N) is 1. The van der Waals surface area contributed by atoms with Crippen molar-refractivity contribution in [3.8, 4) is 0 Å². The first kappa shape index (κ1) is 12.1. The molecule has 1 aliphatic rings. The molecule has 21 heavy (non-hydrogen) atoms. The van der Waals surface area contributed by atoms with E-state index in [0.29, 0.717) is 12.0 Å². The van der Waals surface area contributed by atoms with Crippen LogP contribution in [0.5, 0.6) is 0 Å². The summed E-state index contributed by atoms with van der Waals surface area (Å²) in [6.07, 6.45) is 2.27. The molecular weight excluding hydrogens is 262 g/mol. The van der Waals surface area contributed by atoms with Crippen molar-refractivity contribution in [3.63, 3.8) is 0 Å². The van der Waals surface area contributed by atoms with Crippen molar-refractivity contribution in [1.29, 1.82) is 0 Å². The Morgan fingerprint density at radius 2 is 1.81 bits per heavy atom. The van der Waals surface area contributed by atoms with Crippen LogP contribution in [0.1, 0.15) is 27.6 Å². The van der Waals surface area contributed by atoms with E-state index in [0.717, 1.165) is 22.0 Å². The van der Waals surface area contributed by atoms with Gasteiger partial charge in [0.15, 0.2) is 0 Å². The Morgan fingerprint density at radius 1 is 1.00 bits per heavy atom. The second-order valence-electron chi connectivity index (χ2n) is 5.17. The standard InChI is InChI=1S/C18H13NO2/c20-18-15-7-2-1-6-14(15)17(21-18)11-12-9-10-19-16-8-4-3-5-13(12)16/h1-10,17H,11H2/t17-/m0/s1. The van der Waals surface area contributed by atoms with Gasteiger partial charge < -0.3 is 4.74 Å². The molecule has 0 aliphatic carbocycles. The molecule has 0 saturated heterocycles. The lowest BCUT2D eigenvalue weighted by Crippen LogP contribution is -2.03. The van der Waals surface area contributed by atoms with Crippen LogP contribution in [0.15, 0.2) is 60.8 Å². The lowest BCUT2D eigenvalue weighted by Gasteiger charge is -2.12. The Hall–Kier alpha value is -2.68. The van der Waals surface area contributed by atoms with Crippen LogP contribution < -0.4 is 0 Å². The summed E-state index contributed by atoms with van der Waals surface area (Å²) in [5.41, 5.74) is 3.77. The number of rotatable bonds is 2. The molecule has 1 aromatic heterocycles. The second kappa shape index (κ2) is 4.70. The number of ether oxygens (including phenoxy) is 1. The molecule has 1 atom stereocenters. The van der Waals surface area contributed by atoms with E-state index < -0.39 is 0 Å². The van der Waals surface area contributed by atoms with Crippen molar-refractivity contribution >= 4 is 16.9 Å². The number of esters is 1. The highest BCUT2D eigenvalue weighted by Crippen LogP contribution is 2.34. The summed E-state index contributed by atoms with van der Waals surface area (Å²) in [6.45, 7) is 0. The van der Waals surface area contributed by atoms with E-state index in [2.05, 4.69) is 11.1 Å². The second-order valence-corrected chi connectivity index (χ2v) is 5.17. The molecule has 0 amide bonds. The van der Waals surface area contributed by atoms with Crippen LogP contribution in [0, 0.1) is 0 Å². The van der Waals surface area contributed by atoms with Crippen molar-refractivity contribution in [2.24, 2.45) is 0 Å². The van der Waals surface area contributed by atoms with Gasteiger partial charge in [-0.1, -0.05) is 36.4 Å². The van der Waals surface area contributed by atoms with E-state index >= 15 is 0 Å². The first-order chi connectivity index (χ1) is 10.3. The zero-order chi connectivity index (χ0) is 14.2. The molecule has 0 bridgehead atoms. The zero-order valence-electron chi connectivity index (χ0n) is 11.3. The fourth-order valence-corrected chi connectivity index (χ4v) is 2.90. The number of fused-ring (bicyclic) bond motifs is 2. The summed E-state index contributed by atoms with van der Waals surface area (Å²) in [5.74, 6) is -0.228. The first-order valence-corrected chi connectivity index (χ1v) is 6.95. The SMILES string of the molecule is O=C1O[C@@H](Cc2ccnc3ccccc23)c2ccccc21. The smallest absolute Gasteiger partial charge is 0.339 e. The predicted molar refractivity (Wildman–Crippen MR) is 80.0 cm³/mol. The van der Waals surface area contributed by atoms with E-state index in [-0.39, 0.29) is 12.1 Å². The molecule has 0 unspecified atom stereocenters. The molecule has 3 aromatic rings. The Morgan fingerprint density at radius 3 is 2.76 bits per heavy atom. The van der Waals surface area contributed by atoms with Crippen molar-refractivity contribution in [1.82, 2.24) is 4.98 Å². The van der Waals surface area contributed by atoms with Crippen molar-refractivity contribution < 1.29 is 9.53 Å². The summed E-state index contributed by atoms with van der Waals surface area (Å²) < 4.78 is 5.53. The third-order valence-electron chi connectivity index (χ3n) is 3.92. The number of aromatic nitrogens is 1. The third kappa shape index (κ3) is 1.98. The summed E-state index contributed by atoms with van der Waals surface area (Å²) in [4.78, 5) is 16.3. The summed E-state index contributed by atoms with van der Waals surface area (Å²) in [5, 5.41) is 1.11. The van der Waals surface area contributed by atoms with E-state index in [1.807, 2.05) is 48.5 Å². The molecule has 3 nitrogen and oxygen atoms in total. The summed E-state index contributed by atoms with van der Waals surface area (Å²) in [6, 6.07) is 17.6. The number of benzene rings is 2. The van der Waals surface area contributed by atoms with Crippen LogP contribution in [-0.4, -0.2) is 11.0 Å². The maximum atomic E-state index is 11.9. The van der Waals surface area contributed by atoms with Gasteiger partial charge in [-0.15, -0.1) is 0 Å². The average molecular weight is 275 g/mol. The lowest BCUT2D eigenvalue weighted by atomic mass is 9.97. The first-order valence-electron chi connectivity index (χ1n) is 6.95. The van der Waals surface area contributed by atoms with Gasteiger partial charge >= 0.3 is 5.97 Å². The predicted octanol–water partition coefficient (Wildman–Crippen LogP) is 3.69. The van der Waals surface area contributed by atoms with Gasteiger partial charge in [0.25, 0.3) is 0 Å². The largest absolute Gasteiger partial charge is 0.454 e. The Bertz CT molecular complexity index is 836. The van der Waals surface area contributed by atoms with Crippen LogP contribution in [0.25, 0.3) is 10.9 Å². The van der Waals surface area contributed by atoms with Crippen molar-refractivity contribution in [2.45, 2.75) is 12.5 Å². The maximum absolute atomic E-state index is 11.9. The highest BCUT2D eigenvalue weighted by Gasteiger charge is 2.30. The number of carbonyl (C=O) groups is 1. The summed E-state index contributed by atoms with van der Waals surface area (Å²) >= 11 is 0. The Balaban J connectivity index is 1.75. The molecule has 0 fully saturated rings. The molecule has 0 radical (unpaired) electrons. The topological polar surface area (TPSA) is 39.2 Å². The fourth-order valence-electron chi connectivity index (χ4n) is 2.90. The van der Waals surface area contributed by atoms with Gasteiger partial charge in [0.05, 0.1) is 11.1 Å². The molecular formula is C18H13NO2. The number of para-hydroxylation sites is 1. The molecule has 2 aromatic carbocycles. The van der Waals surface area contributed by atoms with Crippen LogP contribution in [0.2, 0.25) is 0 Å². The minimum absolute atomic E-state index is 0.209. The number of hydrogen-bond acceptors (Lipinski definition) is 3. The molecule has 3 heteroatoms. The van der Waals surface area contributed by atoms with Crippen LogP contribution >= 0.6 is 0 Å². The maximum Gasteiger partial charge on any atom is 0.339 e. The van der Waals surface area contributed by atoms with Gasteiger partial charge in [-0.05, 0) is 23.8 Å². The minimum Gasteiger partial charge on any atom is -0.454 e. The zero-order valence-corrected chi connectivity index (χ0v) is 11.3. The number of hydrogen-bond donors (Lipinski definition) is 0. The fraction of sp³-hybridized carbons (Fsp3) is 0.111. The minimum atomic E-state index is -0.228. The van der Waals surface area contributed by atoms with Crippen LogP contribution in [0.4, 0.5) is 0 Å². The van der Waals surface area contributed by atoms with E-state index in [9.17, 15) is 4.79 Å². The number of cyclic esters (lactones) is 1. The highest BCUT2D eigenvalue weighted by molar-refractivity contribution is 5.94. The number of pyridine rings is 1. The molecule has 102 valence electrons. The average Bonchev–Trinajstić information content (AvgIpc) is 2.85. The highest BCUT2D eigenvalue weighted by atomic mass is 16.5. The molecule has 4 rings (SSSR count). The molecule has 2 heterocycles. The molecule has 0 spiro atoms. The number of carbonyl (C=O) groups excluding carboxylic acids is 1. The Labute approximate surface area is 122 Å². The van der Waals surface area contributed by atoms with E-state index in [4.69, 9.17) is 4.74 Å². The third-order valence-corrected chi connectivity index (χ3v) is 3.92. The molecule has 0 saturated carbocycles. The van der Waals surface area contributed by atoms with Crippen molar-refractivity contribution in [3.05, 3.63) is 77.5 Å². The van der Waals surface area contributed by atoms with Gasteiger partial charge in [0, 0.05) is 23.6 Å². The van der Waals surface area contributed by atoms with Gasteiger partial charge in [0.1, 0.15) is 6.10 Å². The van der Waals surface area contributed by atoms with Crippen LogP contribution in [0.3, 0.4) is 0 Å². The summed E-state index contributed by atoms with van der Waals surface area (Å²) in [7, 11) is 0. The monoisotopic (exact) mass is 275 g/mol. The van der Waals surface area contributed by atoms with Gasteiger partial charge in [-0.3, -0.25) is 4.98 Å². The Kier molecular flexibility index (Phi) is 2.71. The van der Waals surface area contributed by atoms with Gasteiger partial charge in [-0.25, -0.2) is 4.79 Å².